The molecule has 16 heavy (non-hydrogen) atoms. The molecule has 0 aliphatic heterocycles. The first-order valence-electron chi connectivity index (χ1n) is 5.44. The molecule has 0 saturated carbocycles. The van der Waals surface area contributed by atoms with Crippen molar-refractivity contribution < 1.29 is 4.74 Å². The standard InChI is InChI=1S/C11H19N3OS/c1-10-8-13-11(14-9-10)16-7-3-4-12-5-6-15-2/h8-9,12H,3-7H2,1-2H3. The Morgan fingerprint density at radius 2 is 2.06 bits per heavy atom. The Bertz CT molecular complexity index is 279. The monoisotopic (exact) mass is 241 g/mol. The number of nitrogens with zero attached hydrogens (tertiary/aromatic N) is 2. The minimum atomic E-state index is 0.772. The minimum absolute atomic E-state index is 0.772. The van der Waals surface area contributed by atoms with Crippen LogP contribution in [0.4, 0.5) is 0 Å². The van der Waals surface area contributed by atoms with Gasteiger partial charge in [0.1, 0.15) is 0 Å². The Balaban J connectivity index is 2.01. The van der Waals surface area contributed by atoms with Crippen molar-refractivity contribution in [2.75, 3.05) is 32.6 Å². The molecule has 1 aromatic rings. The van der Waals surface area contributed by atoms with Crippen molar-refractivity contribution in [3.8, 4) is 0 Å². The van der Waals surface area contributed by atoms with Crippen LogP contribution in [0.1, 0.15) is 12.0 Å². The van der Waals surface area contributed by atoms with Crippen molar-refractivity contribution in [2.45, 2.75) is 18.5 Å². The maximum absolute atomic E-state index is 4.94. The lowest BCUT2D eigenvalue weighted by Crippen LogP contribution is -2.20. The van der Waals surface area contributed by atoms with Crippen LogP contribution in [0.3, 0.4) is 0 Å². The van der Waals surface area contributed by atoms with Gasteiger partial charge in [-0.3, -0.25) is 0 Å². The van der Waals surface area contributed by atoms with Crippen LogP contribution in [-0.4, -0.2) is 42.5 Å². The zero-order chi connectivity index (χ0) is 11.6. The Hall–Kier alpha value is -0.650. The third kappa shape index (κ3) is 6.05. The molecule has 90 valence electrons. The third-order valence-corrected chi connectivity index (χ3v) is 2.93. The van der Waals surface area contributed by atoms with Crippen molar-refractivity contribution in [2.24, 2.45) is 0 Å². The summed E-state index contributed by atoms with van der Waals surface area (Å²) in [5, 5.41) is 4.17. The fourth-order valence-electron chi connectivity index (χ4n) is 1.12. The summed E-state index contributed by atoms with van der Waals surface area (Å²) in [4.78, 5) is 8.47. The molecular formula is C11H19N3OS. The predicted molar refractivity (Wildman–Crippen MR) is 66.9 cm³/mol. The molecule has 5 heteroatoms. The fourth-order valence-corrected chi connectivity index (χ4v) is 1.84. The van der Waals surface area contributed by atoms with Crippen LogP contribution in [0.5, 0.6) is 0 Å². The molecule has 4 nitrogen and oxygen atoms in total. The average molecular weight is 241 g/mol. The van der Waals surface area contributed by atoms with E-state index in [-0.39, 0.29) is 0 Å². The zero-order valence-electron chi connectivity index (χ0n) is 9.90. The summed E-state index contributed by atoms with van der Waals surface area (Å²) >= 11 is 1.70. The zero-order valence-corrected chi connectivity index (χ0v) is 10.7. The molecule has 0 fully saturated rings. The van der Waals surface area contributed by atoms with E-state index in [1.54, 1.807) is 18.9 Å². The number of nitrogens with one attached hydrogen (secondary N) is 1. The SMILES string of the molecule is COCCNCCCSc1ncc(C)cn1. The lowest BCUT2D eigenvalue weighted by molar-refractivity contribution is 0.199. The summed E-state index contributed by atoms with van der Waals surface area (Å²) in [5.41, 5.74) is 1.10. The first-order valence-corrected chi connectivity index (χ1v) is 6.42. The normalized spacial score (nSPS) is 10.6. The van der Waals surface area contributed by atoms with Crippen LogP contribution >= 0.6 is 11.8 Å². The van der Waals surface area contributed by atoms with Gasteiger partial charge in [0, 0.05) is 31.8 Å². The summed E-state index contributed by atoms with van der Waals surface area (Å²) in [6, 6.07) is 0. The van der Waals surface area contributed by atoms with Crippen molar-refractivity contribution in [1.82, 2.24) is 15.3 Å². The van der Waals surface area contributed by atoms with Gasteiger partial charge in [0.25, 0.3) is 0 Å². The van der Waals surface area contributed by atoms with Crippen molar-refractivity contribution >= 4 is 11.8 Å². The van der Waals surface area contributed by atoms with Gasteiger partial charge in [0.15, 0.2) is 5.16 Å². The average Bonchev–Trinajstić information content (AvgIpc) is 2.30. The Labute approximate surface area is 101 Å². The highest BCUT2D eigenvalue weighted by molar-refractivity contribution is 7.99. The Morgan fingerprint density at radius 3 is 2.75 bits per heavy atom. The first kappa shape index (κ1) is 13.4. The maximum Gasteiger partial charge on any atom is 0.187 e. The number of aryl methyl sites for hydroxylation is 1. The van der Waals surface area contributed by atoms with Gasteiger partial charge in [0.2, 0.25) is 0 Å². The molecule has 0 unspecified atom stereocenters. The lowest BCUT2D eigenvalue weighted by Gasteiger charge is -2.03. The molecule has 1 heterocycles. The molecule has 0 aliphatic carbocycles. The third-order valence-electron chi connectivity index (χ3n) is 1.97. The van der Waals surface area contributed by atoms with Gasteiger partial charge < -0.3 is 10.1 Å². The summed E-state index contributed by atoms with van der Waals surface area (Å²) in [7, 11) is 1.71. The summed E-state index contributed by atoms with van der Waals surface area (Å²) in [6.07, 6.45) is 4.82. The molecule has 1 aromatic heterocycles. The summed E-state index contributed by atoms with van der Waals surface area (Å²) in [6.45, 7) is 4.70. The Morgan fingerprint density at radius 1 is 1.31 bits per heavy atom. The second-order valence-corrected chi connectivity index (χ2v) is 4.55. The van der Waals surface area contributed by atoms with Crippen LogP contribution in [0, 0.1) is 6.92 Å². The van der Waals surface area contributed by atoms with Crippen molar-refractivity contribution in [1.29, 1.82) is 0 Å². The van der Waals surface area contributed by atoms with E-state index in [1.807, 2.05) is 19.3 Å². The van der Waals surface area contributed by atoms with Gasteiger partial charge >= 0.3 is 0 Å². The molecule has 0 atom stereocenters. The molecule has 1 N–H and O–H groups in total. The van der Waals surface area contributed by atoms with Crippen LogP contribution in [0.2, 0.25) is 0 Å². The second kappa shape index (κ2) is 8.50. The lowest BCUT2D eigenvalue weighted by atomic mass is 10.4. The minimum Gasteiger partial charge on any atom is -0.383 e. The van der Waals surface area contributed by atoms with Crippen LogP contribution < -0.4 is 5.32 Å². The summed E-state index contributed by atoms with van der Waals surface area (Å²) < 4.78 is 4.94. The molecule has 0 amide bonds. The fraction of sp³-hybridized carbons (Fsp3) is 0.636. The number of thioether (sulfide) groups is 1. The second-order valence-electron chi connectivity index (χ2n) is 3.49. The molecular weight excluding hydrogens is 222 g/mol. The molecule has 0 radical (unpaired) electrons. The predicted octanol–water partition coefficient (Wildman–Crippen LogP) is 1.50. The Kier molecular flexibility index (Phi) is 7.12. The molecule has 0 aromatic carbocycles. The van der Waals surface area contributed by atoms with Crippen molar-refractivity contribution in [3.05, 3.63) is 18.0 Å². The van der Waals surface area contributed by atoms with Crippen molar-refractivity contribution in [3.63, 3.8) is 0 Å². The van der Waals surface area contributed by atoms with Gasteiger partial charge in [-0.2, -0.15) is 0 Å². The van der Waals surface area contributed by atoms with E-state index in [4.69, 9.17) is 4.74 Å². The smallest absolute Gasteiger partial charge is 0.187 e. The highest BCUT2D eigenvalue weighted by Gasteiger charge is 1.96. The molecule has 0 saturated heterocycles. The number of ether oxygens (including phenoxy) is 1. The first-order chi connectivity index (χ1) is 7.83. The van der Waals surface area contributed by atoms with Gasteiger partial charge in [-0.05, 0) is 25.5 Å². The highest BCUT2D eigenvalue weighted by atomic mass is 32.2. The molecule has 0 spiro atoms. The van der Waals surface area contributed by atoms with E-state index in [9.17, 15) is 0 Å². The molecule has 1 rings (SSSR count). The van der Waals surface area contributed by atoms with E-state index in [0.29, 0.717) is 0 Å². The summed E-state index contributed by atoms with van der Waals surface area (Å²) in [5.74, 6) is 1.04. The van der Waals surface area contributed by atoms with Gasteiger partial charge in [0.05, 0.1) is 6.61 Å². The number of aromatic nitrogens is 2. The van der Waals surface area contributed by atoms with Gasteiger partial charge in [-0.15, -0.1) is 0 Å². The largest absolute Gasteiger partial charge is 0.383 e. The number of hydrogen-bond donors (Lipinski definition) is 1. The molecule has 0 bridgehead atoms. The number of rotatable bonds is 8. The van der Waals surface area contributed by atoms with E-state index >= 15 is 0 Å². The highest BCUT2D eigenvalue weighted by Crippen LogP contribution is 2.12. The number of hydrogen-bond acceptors (Lipinski definition) is 5. The number of methoxy groups -OCH3 is 1. The van der Waals surface area contributed by atoms with E-state index in [2.05, 4.69) is 15.3 Å². The van der Waals surface area contributed by atoms with Crippen LogP contribution in [0.25, 0.3) is 0 Å². The van der Waals surface area contributed by atoms with Crippen LogP contribution in [0.15, 0.2) is 17.6 Å². The topological polar surface area (TPSA) is 47.0 Å². The van der Waals surface area contributed by atoms with E-state index < -0.39 is 0 Å². The quantitative estimate of drug-likeness (QED) is 0.424. The molecule has 0 aliphatic rings. The van der Waals surface area contributed by atoms with E-state index in [1.165, 1.54) is 0 Å². The van der Waals surface area contributed by atoms with Gasteiger partial charge in [-0.1, -0.05) is 11.8 Å². The van der Waals surface area contributed by atoms with Crippen LogP contribution in [-0.2, 0) is 4.74 Å². The van der Waals surface area contributed by atoms with E-state index in [0.717, 1.165) is 42.6 Å². The maximum atomic E-state index is 4.94. The van der Waals surface area contributed by atoms with Gasteiger partial charge in [-0.25, -0.2) is 9.97 Å².